The van der Waals surface area contributed by atoms with Gasteiger partial charge >= 0.3 is 107 Å². The molecule has 150 valence electrons. The summed E-state index contributed by atoms with van der Waals surface area (Å²) in [6, 6.07) is 20.5. The summed E-state index contributed by atoms with van der Waals surface area (Å²) in [4.78, 5) is 0. The fraction of sp³-hybridized carbons (Fsp3) is 0.107. The molecule has 0 aromatic heterocycles. The first kappa shape index (κ1) is 27.0. The Labute approximate surface area is 198 Å². The molecule has 2 heteroatoms. The zero-order valence-corrected chi connectivity index (χ0v) is 20.5. The van der Waals surface area contributed by atoms with Gasteiger partial charge in [-0.25, -0.2) is 0 Å². The van der Waals surface area contributed by atoms with Gasteiger partial charge in [0, 0.05) is 0 Å². The number of hydrogen-bond acceptors (Lipinski definition) is 0. The molecule has 10 radical (unpaired) electrons. The third-order valence-corrected chi connectivity index (χ3v) is 3.62. The second kappa shape index (κ2) is 18.8. The molecular formula is C28H29PTi. The van der Waals surface area contributed by atoms with Gasteiger partial charge in [0.15, 0.2) is 0 Å². The van der Waals surface area contributed by atoms with E-state index in [2.05, 4.69) is 54.0 Å². The predicted molar refractivity (Wildman–Crippen MR) is 132 cm³/mol. The van der Waals surface area contributed by atoms with Crippen molar-refractivity contribution >= 4 is 17.5 Å². The molecule has 2 saturated carbocycles. The molecule has 0 heterocycles. The van der Waals surface area contributed by atoms with Crippen LogP contribution in [0.4, 0.5) is 0 Å². The van der Waals surface area contributed by atoms with Crippen LogP contribution in [-0.2, 0) is 20.0 Å². The molecule has 0 atom stereocenters. The van der Waals surface area contributed by atoms with Crippen molar-refractivity contribution in [3.8, 4) is 0 Å². The fourth-order valence-corrected chi connectivity index (χ4v) is 2.42. The number of rotatable bonds is 2. The van der Waals surface area contributed by atoms with Crippen molar-refractivity contribution in [1.29, 1.82) is 0 Å². The summed E-state index contributed by atoms with van der Waals surface area (Å²) >= 11 is 1.87. The second-order valence-corrected chi connectivity index (χ2v) is 9.70. The molecule has 0 amide bonds. The molecule has 2 aliphatic carbocycles. The molecule has 0 spiro atoms. The molecule has 2 aromatic rings. The van der Waals surface area contributed by atoms with Gasteiger partial charge in [-0.3, -0.25) is 0 Å². The van der Waals surface area contributed by atoms with Gasteiger partial charge in [0.05, 0.1) is 0 Å². The minimum atomic E-state index is 0.380. The van der Waals surface area contributed by atoms with Gasteiger partial charge in [0.25, 0.3) is 0 Å². The molecule has 30 heavy (non-hydrogen) atoms. The Morgan fingerprint density at radius 2 is 0.833 bits per heavy atom. The Kier molecular flexibility index (Phi) is 16.9. The summed E-state index contributed by atoms with van der Waals surface area (Å²) in [7, 11) is 0.380. The number of hydrogen-bond donors (Lipinski definition) is 0. The summed E-state index contributed by atoms with van der Waals surface area (Å²) < 4.78 is 2.98. The quantitative estimate of drug-likeness (QED) is 0.277. The van der Waals surface area contributed by atoms with Crippen molar-refractivity contribution in [2.24, 2.45) is 0 Å². The molecule has 0 saturated heterocycles. The van der Waals surface area contributed by atoms with Crippen molar-refractivity contribution in [2.45, 2.75) is 0 Å². The molecule has 0 bridgehead atoms. The van der Waals surface area contributed by atoms with Crippen molar-refractivity contribution in [3.05, 3.63) is 142 Å². The van der Waals surface area contributed by atoms with Crippen LogP contribution in [0, 0.1) is 64.2 Å². The summed E-state index contributed by atoms with van der Waals surface area (Å²) in [5, 5.41) is 0. The van der Waals surface area contributed by atoms with Gasteiger partial charge in [-0.2, -0.15) is 0 Å². The van der Waals surface area contributed by atoms with Gasteiger partial charge in [-0.05, 0) is 84.2 Å². The molecule has 0 nitrogen and oxygen atoms in total. The molecular weight excluding hydrogens is 415 g/mol. The van der Waals surface area contributed by atoms with E-state index < -0.39 is 0 Å². The van der Waals surface area contributed by atoms with E-state index in [1.54, 1.807) is 0 Å². The summed E-state index contributed by atoms with van der Waals surface area (Å²) in [5.41, 5.74) is 6.61. The van der Waals surface area contributed by atoms with Crippen LogP contribution in [0.15, 0.2) is 66.4 Å². The maximum absolute atomic E-state index is 3.18. The number of benzene rings is 2. The van der Waals surface area contributed by atoms with Gasteiger partial charge in [-0.15, -0.1) is 7.92 Å². The Hall–Kier alpha value is -0.986. The molecule has 4 rings (SSSR count). The Morgan fingerprint density at radius 1 is 0.567 bits per heavy atom. The zero-order valence-electron chi connectivity index (χ0n) is 18.0. The van der Waals surface area contributed by atoms with E-state index in [9.17, 15) is 0 Å². The summed E-state index contributed by atoms with van der Waals surface area (Å²) in [6.07, 6.45) is 20.0. The third kappa shape index (κ3) is 14.1. The molecule has 2 aromatic carbocycles. The van der Waals surface area contributed by atoms with E-state index in [0.717, 1.165) is 5.57 Å². The first-order valence-electron chi connectivity index (χ1n) is 9.75. The van der Waals surface area contributed by atoms with E-state index in [1.807, 2.05) is 121 Å². The van der Waals surface area contributed by atoms with E-state index >= 15 is 0 Å². The van der Waals surface area contributed by atoms with Gasteiger partial charge in [-0.1, -0.05) is 0 Å². The molecule has 0 unspecified atom stereocenters. The topological polar surface area (TPSA) is 0 Å². The minimum absolute atomic E-state index is 0.380. The van der Waals surface area contributed by atoms with Gasteiger partial charge in [0.2, 0.25) is 0 Å². The zero-order chi connectivity index (χ0) is 21.9. The van der Waals surface area contributed by atoms with Crippen molar-refractivity contribution in [2.75, 3.05) is 20.0 Å². The summed E-state index contributed by atoms with van der Waals surface area (Å²) in [5.74, 6) is 0. The standard InChI is InChI=1S/C15H10.2C5H5.C3H9P.Ti/c1-2-15(13-9-5-3-6-10-13)14-11-7-4-8-12-14;2*1-2-4-5-3-1;1-4(2)3;/h3-12H;2*1-5H;1-3H3;. The van der Waals surface area contributed by atoms with Gasteiger partial charge in [0.1, 0.15) is 0 Å². The van der Waals surface area contributed by atoms with Crippen molar-refractivity contribution in [3.63, 3.8) is 0 Å². The van der Waals surface area contributed by atoms with Crippen molar-refractivity contribution < 1.29 is 20.0 Å². The van der Waals surface area contributed by atoms with E-state index in [-0.39, 0.29) is 0 Å². The molecule has 0 aliphatic heterocycles. The van der Waals surface area contributed by atoms with Crippen LogP contribution in [0.1, 0.15) is 11.1 Å². The molecule has 2 aliphatic rings. The second-order valence-electron chi connectivity index (χ2n) is 6.62. The van der Waals surface area contributed by atoms with E-state index in [0.29, 0.717) is 7.92 Å². The van der Waals surface area contributed by atoms with E-state index in [4.69, 9.17) is 0 Å². The first-order valence-corrected chi connectivity index (χ1v) is 13.2. The van der Waals surface area contributed by atoms with Crippen molar-refractivity contribution in [1.82, 2.24) is 0 Å². The van der Waals surface area contributed by atoms with Crippen LogP contribution in [-0.4, -0.2) is 24.0 Å². The monoisotopic (exact) mass is 444 g/mol. The Morgan fingerprint density at radius 3 is 1.07 bits per heavy atom. The van der Waals surface area contributed by atoms with Crippen LogP contribution in [0.3, 0.4) is 0 Å². The van der Waals surface area contributed by atoms with E-state index in [1.165, 1.54) is 11.1 Å². The van der Waals surface area contributed by atoms with Crippen LogP contribution in [0.25, 0.3) is 5.57 Å². The first-order chi connectivity index (χ1) is 14.6. The molecule has 0 N–H and O–H groups in total. The Bertz CT molecular complexity index is 661. The van der Waals surface area contributed by atoms with Crippen LogP contribution >= 0.6 is 7.92 Å². The Balaban J connectivity index is 0.000000259. The molecule has 2 fully saturated rings. The SMILES string of the molecule is CP(C)C.[CH]1[CH][CH][CH][CH]1.[CH]1[CH][CH][CH][CH]1.[Ti]=[C]=C=C(c1ccccc1)c1ccccc1. The maximum atomic E-state index is 3.18. The average molecular weight is 444 g/mol. The third-order valence-electron chi connectivity index (χ3n) is 3.42. The van der Waals surface area contributed by atoms with Crippen LogP contribution in [0.5, 0.6) is 0 Å². The summed E-state index contributed by atoms with van der Waals surface area (Å²) in [6.45, 7) is 6.69. The van der Waals surface area contributed by atoms with Gasteiger partial charge < -0.3 is 0 Å². The fourth-order valence-electron chi connectivity index (χ4n) is 2.22. The van der Waals surface area contributed by atoms with Crippen LogP contribution < -0.4 is 0 Å². The normalized spacial score (nSPS) is 14.0. The van der Waals surface area contributed by atoms with Crippen LogP contribution in [0.2, 0.25) is 0 Å². The predicted octanol–water partition coefficient (Wildman–Crippen LogP) is 6.62. The average Bonchev–Trinajstić information content (AvgIpc) is 3.52.